The molecule has 0 saturated heterocycles. The van der Waals surface area contributed by atoms with E-state index in [4.69, 9.17) is 0 Å². The van der Waals surface area contributed by atoms with E-state index in [0.717, 1.165) is 18.4 Å². The second kappa shape index (κ2) is 6.96. The van der Waals surface area contributed by atoms with Gasteiger partial charge in [0.25, 0.3) is 0 Å². The van der Waals surface area contributed by atoms with E-state index < -0.39 is 0 Å². The summed E-state index contributed by atoms with van der Waals surface area (Å²) >= 11 is 1.22. The lowest BCUT2D eigenvalue weighted by atomic mass is 9.90. The minimum absolute atomic E-state index is 0.0703. The first-order valence-corrected chi connectivity index (χ1v) is 8.56. The smallest absolute Gasteiger partial charge is 0.348 e. The number of fused-ring (bicyclic) bond motifs is 1. The Morgan fingerprint density at radius 1 is 1.13 bits per heavy atom. The Hall–Kier alpha value is -2.14. The molecule has 0 atom stereocenters. The van der Waals surface area contributed by atoms with Gasteiger partial charge in [-0.3, -0.25) is 4.79 Å². The number of rotatable bonds is 4. The Morgan fingerprint density at radius 3 is 2.70 bits per heavy atom. The summed E-state index contributed by atoms with van der Waals surface area (Å²) in [7, 11) is 1.34. The SMILES string of the molecule is COC(=O)c1ccc(NC(=O)Cc2ccc3c(c2)CCCC3)s1. The van der Waals surface area contributed by atoms with E-state index >= 15 is 0 Å². The Balaban J connectivity index is 1.63. The fraction of sp³-hybridized carbons (Fsp3) is 0.333. The van der Waals surface area contributed by atoms with Gasteiger partial charge in [0.05, 0.1) is 18.5 Å². The van der Waals surface area contributed by atoms with Crippen molar-refractivity contribution in [1.82, 2.24) is 0 Å². The largest absolute Gasteiger partial charge is 0.465 e. The van der Waals surface area contributed by atoms with E-state index in [1.807, 2.05) is 6.07 Å². The van der Waals surface area contributed by atoms with Crippen LogP contribution in [0.15, 0.2) is 30.3 Å². The zero-order valence-electron chi connectivity index (χ0n) is 13.1. The molecule has 1 aromatic carbocycles. The van der Waals surface area contributed by atoms with E-state index in [1.54, 1.807) is 12.1 Å². The maximum Gasteiger partial charge on any atom is 0.348 e. The van der Waals surface area contributed by atoms with Gasteiger partial charge in [-0.2, -0.15) is 0 Å². The van der Waals surface area contributed by atoms with E-state index in [1.165, 1.54) is 42.4 Å². The summed E-state index contributed by atoms with van der Waals surface area (Å²) in [6.07, 6.45) is 5.09. The number of methoxy groups -OCH3 is 1. The Morgan fingerprint density at radius 2 is 1.91 bits per heavy atom. The van der Waals surface area contributed by atoms with E-state index in [9.17, 15) is 9.59 Å². The average molecular weight is 329 g/mol. The van der Waals surface area contributed by atoms with Crippen LogP contribution in [-0.2, 0) is 28.8 Å². The number of benzene rings is 1. The van der Waals surface area contributed by atoms with Crippen molar-refractivity contribution >= 4 is 28.2 Å². The number of amides is 1. The third-order valence-electron chi connectivity index (χ3n) is 4.03. The lowest BCUT2D eigenvalue weighted by molar-refractivity contribution is -0.115. The number of hydrogen-bond donors (Lipinski definition) is 1. The van der Waals surface area contributed by atoms with Gasteiger partial charge in [-0.05, 0) is 54.5 Å². The number of ether oxygens (including phenoxy) is 1. The number of carbonyl (C=O) groups excluding carboxylic acids is 2. The van der Waals surface area contributed by atoms with Crippen molar-refractivity contribution in [3.63, 3.8) is 0 Å². The van der Waals surface area contributed by atoms with Gasteiger partial charge >= 0.3 is 5.97 Å². The predicted molar refractivity (Wildman–Crippen MR) is 91.1 cm³/mol. The summed E-state index contributed by atoms with van der Waals surface area (Å²) < 4.78 is 4.66. The monoisotopic (exact) mass is 329 g/mol. The van der Waals surface area contributed by atoms with Gasteiger partial charge in [0, 0.05) is 0 Å². The number of esters is 1. The lowest BCUT2D eigenvalue weighted by Crippen LogP contribution is -2.14. The second-order valence-corrected chi connectivity index (χ2v) is 6.77. The van der Waals surface area contributed by atoms with Crippen LogP contribution in [0.25, 0.3) is 0 Å². The van der Waals surface area contributed by atoms with Gasteiger partial charge in [-0.15, -0.1) is 11.3 Å². The molecular weight excluding hydrogens is 310 g/mol. The number of nitrogens with one attached hydrogen (secondary N) is 1. The van der Waals surface area contributed by atoms with Crippen LogP contribution in [0, 0.1) is 0 Å². The number of carbonyl (C=O) groups is 2. The Bertz CT molecular complexity index is 736. The second-order valence-electron chi connectivity index (χ2n) is 5.69. The van der Waals surface area contributed by atoms with Crippen LogP contribution in [0.5, 0.6) is 0 Å². The minimum atomic E-state index is -0.384. The van der Waals surface area contributed by atoms with Crippen molar-refractivity contribution in [3.8, 4) is 0 Å². The summed E-state index contributed by atoms with van der Waals surface area (Å²) in [5.74, 6) is -0.454. The topological polar surface area (TPSA) is 55.4 Å². The molecule has 3 rings (SSSR count). The summed E-state index contributed by atoms with van der Waals surface area (Å²) in [4.78, 5) is 24.1. The van der Waals surface area contributed by atoms with Gasteiger partial charge < -0.3 is 10.1 Å². The molecule has 0 fully saturated rings. The van der Waals surface area contributed by atoms with Crippen LogP contribution in [0.2, 0.25) is 0 Å². The summed E-state index contributed by atoms with van der Waals surface area (Å²) in [5, 5.41) is 3.50. The van der Waals surface area contributed by atoms with Crippen LogP contribution in [0.1, 0.15) is 39.2 Å². The molecule has 120 valence electrons. The van der Waals surface area contributed by atoms with E-state index in [0.29, 0.717) is 16.3 Å². The molecule has 1 amide bonds. The zero-order chi connectivity index (χ0) is 16.2. The van der Waals surface area contributed by atoms with Crippen LogP contribution < -0.4 is 5.32 Å². The Labute approximate surface area is 139 Å². The lowest BCUT2D eigenvalue weighted by Gasteiger charge is -2.16. The molecule has 1 aliphatic rings. The molecule has 0 spiro atoms. The minimum Gasteiger partial charge on any atom is -0.465 e. The van der Waals surface area contributed by atoms with E-state index in [2.05, 4.69) is 22.2 Å². The van der Waals surface area contributed by atoms with Crippen LogP contribution >= 0.6 is 11.3 Å². The number of hydrogen-bond acceptors (Lipinski definition) is 4. The highest BCUT2D eigenvalue weighted by Gasteiger charge is 2.13. The number of anilines is 1. The molecule has 4 nitrogen and oxygen atoms in total. The zero-order valence-corrected chi connectivity index (χ0v) is 13.9. The van der Waals surface area contributed by atoms with Gasteiger partial charge in [0.2, 0.25) is 5.91 Å². The molecule has 0 saturated carbocycles. The van der Waals surface area contributed by atoms with Crippen LogP contribution in [0.3, 0.4) is 0 Å². The van der Waals surface area contributed by atoms with Crippen molar-refractivity contribution in [3.05, 3.63) is 51.9 Å². The molecule has 1 heterocycles. The van der Waals surface area contributed by atoms with Gasteiger partial charge in [-0.25, -0.2) is 4.79 Å². The molecule has 0 radical (unpaired) electrons. The first kappa shape index (κ1) is 15.7. The molecule has 1 N–H and O–H groups in total. The number of aryl methyl sites for hydroxylation is 2. The molecular formula is C18H19NO3S. The van der Waals surface area contributed by atoms with Crippen LogP contribution in [-0.4, -0.2) is 19.0 Å². The molecule has 1 aliphatic carbocycles. The summed E-state index contributed by atoms with van der Waals surface area (Å²) in [6.45, 7) is 0. The fourth-order valence-electron chi connectivity index (χ4n) is 2.88. The predicted octanol–water partition coefficient (Wildman–Crippen LogP) is 3.59. The normalized spacial score (nSPS) is 13.3. The molecule has 0 bridgehead atoms. The average Bonchev–Trinajstić information content (AvgIpc) is 3.02. The molecule has 5 heteroatoms. The maximum atomic E-state index is 12.2. The third kappa shape index (κ3) is 3.79. The van der Waals surface area contributed by atoms with Crippen molar-refractivity contribution in [2.75, 3.05) is 12.4 Å². The van der Waals surface area contributed by atoms with Gasteiger partial charge in [0.15, 0.2) is 0 Å². The van der Waals surface area contributed by atoms with E-state index in [-0.39, 0.29) is 11.9 Å². The first-order chi connectivity index (χ1) is 11.2. The standard InChI is InChI=1S/C18H19NO3S/c1-22-18(21)15-8-9-17(23-15)19-16(20)11-12-6-7-13-4-2-3-5-14(13)10-12/h6-10H,2-5,11H2,1H3,(H,19,20). The van der Waals surface area contributed by atoms with Crippen molar-refractivity contribution in [2.45, 2.75) is 32.1 Å². The highest BCUT2D eigenvalue weighted by Crippen LogP contribution is 2.24. The first-order valence-electron chi connectivity index (χ1n) is 7.74. The molecule has 2 aromatic rings. The number of thiophene rings is 1. The molecule has 1 aromatic heterocycles. The highest BCUT2D eigenvalue weighted by molar-refractivity contribution is 7.18. The van der Waals surface area contributed by atoms with Crippen molar-refractivity contribution < 1.29 is 14.3 Å². The highest BCUT2D eigenvalue weighted by atomic mass is 32.1. The fourth-order valence-corrected chi connectivity index (χ4v) is 3.72. The Kier molecular flexibility index (Phi) is 4.76. The summed E-state index contributed by atoms with van der Waals surface area (Å²) in [6, 6.07) is 9.73. The molecule has 0 unspecified atom stereocenters. The third-order valence-corrected chi connectivity index (χ3v) is 5.01. The quantitative estimate of drug-likeness (QED) is 0.872. The van der Waals surface area contributed by atoms with Gasteiger partial charge in [-0.1, -0.05) is 18.2 Å². The van der Waals surface area contributed by atoms with Crippen LogP contribution in [0.4, 0.5) is 5.00 Å². The summed E-state index contributed by atoms with van der Waals surface area (Å²) in [5.41, 5.74) is 3.83. The molecule has 23 heavy (non-hydrogen) atoms. The van der Waals surface area contributed by atoms with Gasteiger partial charge in [0.1, 0.15) is 4.88 Å². The maximum absolute atomic E-state index is 12.2. The van der Waals surface area contributed by atoms with Crippen molar-refractivity contribution in [2.24, 2.45) is 0 Å². The van der Waals surface area contributed by atoms with Crippen molar-refractivity contribution in [1.29, 1.82) is 0 Å². The molecule has 0 aliphatic heterocycles.